The lowest BCUT2D eigenvalue weighted by Crippen LogP contribution is -2.46. The number of nitrogens with one attached hydrogen (secondary N) is 1. The van der Waals surface area contributed by atoms with Crippen LogP contribution >= 0.6 is 0 Å². The van der Waals surface area contributed by atoms with Gasteiger partial charge in [-0.3, -0.25) is 9.35 Å². The third-order valence-corrected chi connectivity index (χ3v) is 7.74. The van der Waals surface area contributed by atoms with Crippen molar-refractivity contribution in [3.63, 3.8) is 0 Å². The third kappa shape index (κ3) is 26.5. The van der Waals surface area contributed by atoms with Crippen LogP contribution in [0.3, 0.4) is 0 Å². The zero-order chi connectivity index (χ0) is 27.6. The van der Waals surface area contributed by atoms with Crippen LogP contribution in [0.15, 0.2) is 12.2 Å². The SMILES string of the molecule is CCCCCCCCCCCCC/C=C/C(O)C(CS(=O)(=O)O)NC(=O)CCCCCCCCCCC. The summed E-state index contributed by atoms with van der Waals surface area (Å²) in [6.45, 7) is 4.45. The molecule has 0 aromatic heterocycles. The van der Waals surface area contributed by atoms with Gasteiger partial charge in [0.2, 0.25) is 5.91 Å². The van der Waals surface area contributed by atoms with Gasteiger partial charge in [0.15, 0.2) is 0 Å². The van der Waals surface area contributed by atoms with Crippen molar-refractivity contribution >= 4 is 16.0 Å². The summed E-state index contributed by atoms with van der Waals surface area (Å²) in [6, 6.07) is -1.05. The van der Waals surface area contributed by atoms with E-state index in [1.807, 2.05) is 6.08 Å². The number of amides is 1. The predicted octanol–water partition coefficient (Wildman–Crippen LogP) is 7.90. The Morgan fingerprint density at radius 2 is 1.11 bits per heavy atom. The minimum Gasteiger partial charge on any atom is -0.387 e. The maximum atomic E-state index is 12.3. The van der Waals surface area contributed by atoms with E-state index in [-0.39, 0.29) is 5.91 Å². The Hall–Kier alpha value is -0.920. The summed E-state index contributed by atoms with van der Waals surface area (Å²) in [5.41, 5.74) is 0. The molecule has 0 bridgehead atoms. The molecule has 0 aromatic rings. The molecule has 0 saturated heterocycles. The average molecular weight is 546 g/mol. The number of unbranched alkanes of at least 4 members (excludes halogenated alkanes) is 19. The maximum Gasteiger partial charge on any atom is 0.267 e. The lowest BCUT2D eigenvalue weighted by Gasteiger charge is -2.21. The van der Waals surface area contributed by atoms with Crippen LogP contribution in [0.4, 0.5) is 0 Å². The van der Waals surface area contributed by atoms with Crippen LogP contribution in [-0.4, -0.2) is 41.9 Å². The quantitative estimate of drug-likeness (QED) is 0.0553. The molecule has 2 unspecified atom stereocenters. The molecule has 0 rings (SSSR count). The molecule has 0 aromatic carbocycles. The van der Waals surface area contributed by atoms with E-state index in [0.29, 0.717) is 6.42 Å². The molecule has 7 heteroatoms. The van der Waals surface area contributed by atoms with E-state index in [4.69, 9.17) is 0 Å². The van der Waals surface area contributed by atoms with Gasteiger partial charge in [-0.15, -0.1) is 0 Å². The van der Waals surface area contributed by atoms with E-state index in [1.54, 1.807) is 6.08 Å². The summed E-state index contributed by atoms with van der Waals surface area (Å²) in [7, 11) is -4.32. The summed E-state index contributed by atoms with van der Waals surface area (Å²) in [5, 5.41) is 13.1. The molecule has 0 aliphatic rings. The van der Waals surface area contributed by atoms with E-state index >= 15 is 0 Å². The molecule has 1 amide bonds. The normalized spacial score (nSPS) is 13.7. The number of rotatable bonds is 27. The number of hydrogen-bond donors (Lipinski definition) is 3. The Labute approximate surface area is 229 Å². The van der Waals surface area contributed by atoms with Crippen molar-refractivity contribution in [3.8, 4) is 0 Å². The molecule has 0 fully saturated rings. The molecule has 0 aliphatic carbocycles. The molecule has 0 radical (unpaired) electrons. The number of carbonyl (C=O) groups is 1. The standard InChI is InChI=1S/C30H59NO5S/c1-3-5-7-9-11-13-14-15-16-18-19-21-23-25-29(32)28(27-37(34,35)36)31-30(33)26-24-22-20-17-12-10-8-6-4-2/h23,25,28-29,32H,3-22,24,26-27H2,1-2H3,(H,31,33)(H,34,35,36)/b25-23+. The smallest absolute Gasteiger partial charge is 0.267 e. The average Bonchev–Trinajstić information content (AvgIpc) is 2.84. The van der Waals surface area contributed by atoms with Crippen molar-refractivity contribution in [2.24, 2.45) is 0 Å². The molecule has 220 valence electrons. The van der Waals surface area contributed by atoms with Gasteiger partial charge < -0.3 is 10.4 Å². The van der Waals surface area contributed by atoms with Crippen LogP contribution in [0.5, 0.6) is 0 Å². The van der Waals surface area contributed by atoms with E-state index < -0.39 is 28.0 Å². The molecule has 37 heavy (non-hydrogen) atoms. The van der Waals surface area contributed by atoms with Crippen LogP contribution < -0.4 is 5.32 Å². The highest BCUT2D eigenvalue weighted by Gasteiger charge is 2.24. The largest absolute Gasteiger partial charge is 0.387 e. The first-order valence-corrected chi connectivity index (χ1v) is 17.0. The van der Waals surface area contributed by atoms with E-state index in [9.17, 15) is 22.9 Å². The first kappa shape index (κ1) is 36.1. The maximum absolute atomic E-state index is 12.3. The second-order valence-electron chi connectivity index (χ2n) is 10.7. The number of allylic oxidation sites excluding steroid dienone is 1. The van der Waals surface area contributed by atoms with Crippen molar-refractivity contribution in [3.05, 3.63) is 12.2 Å². The fourth-order valence-electron chi connectivity index (χ4n) is 4.62. The minimum absolute atomic E-state index is 0.283. The third-order valence-electron chi connectivity index (χ3n) is 6.96. The second kappa shape index (κ2) is 25.4. The van der Waals surface area contributed by atoms with Crippen molar-refractivity contribution in [1.29, 1.82) is 0 Å². The number of carbonyl (C=O) groups excluding carboxylic acids is 1. The molecule has 0 heterocycles. The zero-order valence-corrected chi connectivity index (χ0v) is 24.9. The fourth-order valence-corrected chi connectivity index (χ4v) is 5.36. The highest BCUT2D eigenvalue weighted by atomic mass is 32.2. The molecular formula is C30H59NO5S. The van der Waals surface area contributed by atoms with E-state index in [2.05, 4.69) is 19.2 Å². The Bertz CT molecular complexity index is 650. The molecule has 2 atom stereocenters. The van der Waals surface area contributed by atoms with Crippen molar-refractivity contribution in [2.75, 3.05) is 5.75 Å². The fraction of sp³-hybridized carbons (Fsp3) is 0.900. The van der Waals surface area contributed by atoms with Gasteiger partial charge >= 0.3 is 0 Å². The van der Waals surface area contributed by atoms with Crippen molar-refractivity contribution in [1.82, 2.24) is 5.32 Å². The van der Waals surface area contributed by atoms with E-state index in [1.165, 1.54) is 96.3 Å². The van der Waals surface area contributed by atoms with Crippen LogP contribution in [0.25, 0.3) is 0 Å². The van der Waals surface area contributed by atoms with Gasteiger partial charge in [-0.05, 0) is 19.3 Å². The lowest BCUT2D eigenvalue weighted by atomic mass is 10.0. The van der Waals surface area contributed by atoms with Crippen LogP contribution in [-0.2, 0) is 14.9 Å². The van der Waals surface area contributed by atoms with Gasteiger partial charge in [0, 0.05) is 6.42 Å². The van der Waals surface area contributed by atoms with Crippen molar-refractivity contribution < 1.29 is 22.9 Å². The summed E-state index contributed by atoms with van der Waals surface area (Å²) >= 11 is 0. The lowest BCUT2D eigenvalue weighted by molar-refractivity contribution is -0.122. The summed E-state index contributed by atoms with van der Waals surface area (Å²) in [6.07, 6.45) is 27.7. The predicted molar refractivity (Wildman–Crippen MR) is 156 cm³/mol. The molecule has 0 saturated carbocycles. The first-order chi connectivity index (χ1) is 17.8. The number of hydrogen-bond acceptors (Lipinski definition) is 4. The molecule has 3 N–H and O–H groups in total. The Balaban J connectivity index is 4.09. The second-order valence-corrected chi connectivity index (χ2v) is 12.2. The molecular weight excluding hydrogens is 486 g/mol. The Kier molecular flexibility index (Phi) is 24.7. The van der Waals surface area contributed by atoms with Crippen molar-refractivity contribution in [2.45, 2.75) is 167 Å². The van der Waals surface area contributed by atoms with Gasteiger partial charge in [-0.2, -0.15) is 8.42 Å². The van der Waals surface area contributed by atoms with Crippen LogP contribution in [0.1, 0.15) is 155 Å². The summed E-state index contributed by atoms with van der Waals surface area (Å²) in [5.74, 6) is -0.977. The summed E-state index contributed by atoms with van der Waals surface area (Å²) in [4.78, 5) is 12.3. The monoisotopic (exact) mass is 545 g/mol. The highest BCUT2D eigenvalue weighted by molar-refractivity contribution is 7.85. The minimum atomic E-state index is -4.32. The van der Waals surface area contributed by atoms with E-state index in [0.717, 1.165) is 38.5 Å². The van der Waals surface area contributed by atoms with Gasteiger partial charge in [-0.25, -0.2) is 0 Å². The highest BCUT2D eigenvalue weighted by Crippen LogP contribution is 2.13. The van der Waals surface area contributed by atoms with Gasteiger partial charge in [0.1, 0.15) is 0 Å². The molecule has 0 spiro atoms. The number of aliphatic hydroxyl groups excluding tert-OH is 1. The topological polar surface area (TPSA) is 104 Å². The van der Waals surface area contributed by atoms with Gasteiger partial charge in [0.25, 0.3) is 10.1 Å². The molecule has 6 nitrogen and oxygen atoms in total. The van der Waals surface area contributed by atoms with Crippen LogP contribution in [0.2, 0.25) is 0 Å². The zero-order valence-electron chi connectivity index (χ0n) is 24.1. The van der Waals surface area contributed by atoms with Crippen LogP contribution in [0, 0.1) is 0 Å². The first-order valence-electron chi connectivity index (χ1n) is 15.4. The summed E-state index contributed by atoms with van der Waals surface area (Å²) < 4.78 is 32.1. The Morgan fingerprint density at radius 3 is 1.54 bits per heavy atom. The van der Waals surface area contributed by atoms with Gasteiger partial charge in [-0.1, -0.05) is 142 Å². The van der Waals surface area contributed by atoms with Gasteiger partial charge in [0.05, 0.1) is 17.9 Å². The Morgan fingerprint density at radius 1 is 0.703 bits per heavy atom. The molecule has 0 aliphatic heterocycles. The number of aliphatic hydroxyl groups is 1.